The van der Waals surface area contributed by atoms with E-state index in [0.717, 1.165) is 36.0 Å². The van der Waals surface area contributed by atoms with Crippen LogP contribution in [0.3, 0.4) is 0 Å². The van der Waals surface area contributed by atoms with Crippen LogP contribution in [0.5, 0.6) is 5.75 Å². The Kier molecular flexibility index (Phi) is 5.28. The van der Waals surface area contributed by atoms with Gasteiger partial charge in [-0.3, -0.25) is 9.78 Å². The van der Waals surface area contributed by atoms with Crippen molar-refractivity contribution in [1.82, 2.24) is 9.88 Å². The Morgan fingerprint density at radius 2 is 2.22 bits per heavy atom. The second kappa shape index (κ2) is 7.59. The summed E-state index contributed by atoms with van der Waals surface area (Å²) < 4.78 is 6.74. The molecule has 0 bridgehead atoms. The Morgan fingerprint density at radius 1 is 1.30 bits per heavy atom. The minimum Gasteiger partial charge on any atom is -0.490 e. The number of amides is 1. The van der Waals surface area contributed by atoms with Gasteiger partial charge >= 0.3 is 0 Å². The molecule has 1 unspecified atom stereocenters. The van der Waals surface area contributed by atoms with Crippen molar-refractivity contribution in [2.75, 3.05) is 13.2 Å². The Morgan fingerprint density at radius 3 is 3.00 bits per heavy atom. The number of nitrogens with zero attached hydrogens (tertiary/aromatic N) is 2. The molecule has 1 fully saturated rings. The van der Waals surface area contributed by atoms with E-state index in [1.165, 1.54) is 0 Å². The van der Waals surface area contributed by atoms with E-state index in [2.05, 4.69) is 20.9 Å². The highest BCUT2D eigenvalue weighted by Gasteiger charge is 2.28. The number of carbonyl (C=O) groups is 1. The van der Waals surface area contributed by atoms with Crippen molar-refractivity contribution in [3.8, 4) is 5.75 Å². The van der Waals surface area contributed by atoms with E-state index in [-0.39, 0.29) is 11.9 Å². The van der Waals surface area contributed by atoms with Gasteiger partial charge in [0.05, 0.1) is 12.2 Å². The number of benzene rings is 1. The van der Waals surface area contributed by atoms with Gasteiger partial charge in [-0.25, -0.2) is 0 Å². The fourth-order valence-electron chi connectivity index (χ4n) is 2.85. The number of piperidine rings is 1. The van der Waals surface area contributed by atoms with Crippen LogP contribution >= 0.6 is 15.9 Å². The van der Waals surface area contributed by atoms with Crippen LogP contribution in [0.25, 0.3) is 0 Å². The van der Waals surface area contributed by atoms with Crippen molar-refractivity contribution in [3.63, 3.8) is 0 Å². The molecule has 0 saturated carbocycles. The molecule has 1 atom stereocenters. The van der Waals surface area contributed by atoms with E-state index in [0.29, 0.717) is 12.2 Å². The molecule has 1 amide bonds. The lowest BCUT2D eigenvalue weighted by Gasteiger charge is -2.35. The second-order valence-electron chi connectivity index (χ2n) is 5.66. The molecule has 1 aliphatic rings. The molecule has 1 aromatic carbocycles. The lowest BCUT2D eigenvalue weighted by Crippen LogP contribution is -2.46. The van der Waals surface area contributed by atoms with Gasteiger partial charge in [-0.1, -0.05) is 22.0 Å². The monoisotopic (exact) mass is 374 g/mol. The van der Waals surface area contributed by atoms with E-state index >= 15 is 0 Å². The first-order valence-corrected chi connectivity index (χ1v) is 8.63. The van der Waals surface area contributed by atoms with Crippen LogP contribution in [0, 0.1) is 0 Å². The first kappa shape index (κ1) is 16.0. The summed E-state index contributed by atoms with van der Waals surface area (Å²) in [6.07, 6.45) is 6.56. The number of hydrogen-bond acceptors (Lipinski definition) is 3. The van der Waals surface area contributed by atoms with Gasteiger partial charge in [-0.05, 0) is 49.6 Å². The van der Waals surface area contributed by atoms with E-state index in [1.54, 1.807) is 12.4 Å². The number of halogens is 1. The predicted octanol–water partition coefficient (Wildman–Crippen LogP) is 3.92. The first-order valence-electron chi connectivity index (χ1n) is 7.83. The minimum atomic E-state index is 0.0748. The van der Waals surface area contributed by atoms with Crippen molar-refractivity contribution in [2.45, 2.75) is 25.3 Å². The lowest BCUT2D eigenvalue weighted by atomic mass is 10.0. The summed E-state index contributed by atoms with van der Waals surface area (Å²) in [5.74, 6) is 0.818. The molecule has 1 aromatic heterocycles. The molecule has 4 nitrogen and oxygen atoms in total. The third kappa shape index (κ3) is 4.10. The molecule has 0 radical (unpaired) electrons. The van der Waals surface area contributed by atoms with Gasteiger partial charge in [-0.2, -0.15) is 0 Å². The number of aromatic nitrogens is 1. The number of pyridine rings is 1. The average Bonchev–Trinajstić information content (AvgIpc) is 2.60. The highest BCUT2D eigenvalue weighted by molar-refractivity contribution is 9.10. The normalized spacial score (nSPS) is 17.8. The molecule has 23 heavy (non-hydrogen) atoms. The van der Waals surface area contributed by atoms with Gasteiger partial charge in [-0.15, -0.1) is 0 Å². The van der Waals surface area contributed by atoms with Crippen molar-refractivity contribution in [3.05, 3.63) is 58.8 Å². The summed E-state index contributed by atoms with van der Waals surface area (Å²) >= 11 is 3.43. The maximum absolute atomic E-state index is 12.8. The zero-order valence-corrected chi connectivity index (χ0v) is 14.4. The standard InChI is InChI=1S/C18H19BrN2O2/c19-15-6-3-5-14(11-15)18(22)21-10-2-1-7-16(21)13-23-17-8-4-9-20-12-17/h3-6,8-9,11-12,16H,1-2,7,10,13H2. The van der Waals surface area contributed by atoms with Crippen molar-refractivity contribution in [1.29, 1.82) is 0 Å². The topological polar surface area (TPSA) is 42.4 Å². The van der Waals surface area contributed by atoms with Gasteiger partial charge in [0.25, 0.3) is 5.91 Å². The van der Waals surface area contributed by atoms with Crippen LogP contribution in [0.4, 0.5) is 0 Å². The molecule has 3 rings (SSSR count). The Labute approximate surface area is 144 Å². The lowest BCUT2D eigenvalue weighted by molar-refractivity contribution is 0.0528. The summed E-state index contributed by atoms with van der Waals surface area (Å²) in [5, 5.41) is 0. The fraction of sp³-hybridized carbons (Fsp3) is 0.333. The molecule has 0 spiro atoms. The fourth-order valence-corrected chi connectivity index (χ4v) is 3.25. The quantitative estimate of drug-likeness (QED) is 0.814. The van der Waals surface area contributed by atoms with Gasteiger partial charge in [0.2, 0.25) is 0 Å². The van der Waals surface area contributed by atoms with Crippen molar-refractivity contribution in [2.24, 2.45) is 0 Å². The number of rotatable bonds is 4. The number of carbonyl (C=O) groups excluding carboxylic acids is 1. The Bertz CT molecular complexity index is 663. The minimum absolute atomic E-state index is 0.0748. The van der Waals surface area contributed by atoms with Crippen LogP contribution in [0.1, 0.15) is 29.6 Å². The molecule has 2 heterocycles. The Hall–Kier alpha value is -1.88. The van der Waals surface area contributed by atoms with E-state index < -0.39 is 0 Å². The smallest absolute Gasteiger partial charge is 0.254 e. The average molecular weight is 375 g/mol. The van der Waals surface area contributed by atoms with E-state index in [9.17, 15) is 4.79 Å². The van der Waals surface area contributed by atoms with Crippen LogP contribution in [-0.4, -0.2) is 35.0 Å². The largest absolute Gasteiger partial charge is 0.490 e. The van der Waals surface area contributed by atoms with Crippen LogP contribution in [-0.2, 0) is 0 Å². The summed E-state index contributed by atoms with van der Waals surface area (Å²) in [6, 6.07) is 11.4. The molecule has 5 heteroatoms. The molecule has 1 saturated heterocycles. The number of ether oxygens (including phenoxy) is 1. The summed E-state index contributed by atoms with van der Waals surface area (Å²) in [7, 11) is 0. The number of hydrogen-bond donors (Lipinski definition) is 0. The van der Waals surface area contributed by atoms with Crippen LogP contribution < -0.4 is 4.74 Å². The summed E-state index contributed by atoms with van der Waals surface area (Å²) in [6.45, 7) is 1.29. The third-order valence-electron chi connectivity index (χ3n) is 4.04. The van der Waals surface area contributed by atoms with Gasteiger partial charge < -0.3 is 9.64 Å². The summed E-state index contributed by atoms with van der Waals surface area (Å²) in [4.78, 5) is 18.8. The second-order valence-corrected chi connectivity index (χ2v) is 6.57. The highest BCUT2D eigenvalue weighted by Crippen LogP contribution is 2.22. The van der Waals surface area contributed by atoms with Gasteiger partial charge in [0, 0.05) is 22.8 Å². The third-order valence-corrected chi connectivity index (χ3v) is 4.53. The molecule has 120 valence electrons. The van der Waals surface area contributed by atoms with Gasteiger partial charge in [0.1, 0.15) is 12.4 Å². The summed E-state index contributed by atoms with van der Waals surface area (Å²) in [5.41, 5.74) is 0.715. The first-order chi connectivity index (χ1) is 11.2. The number of likely N-dealkylation sites (tertiary alicyclic amines) is 1. The van der Waals surface area contributed by atoms with Crippen LogP contribution in [0.15, 0.2) is 53.3 Å². The zero-order chi connectivity index (χ0) is 16.1. The zero-order valence-electron chi connectivity index (χ0n) is 12.8. The van der Waals surface area contributed by atoms with Crippen LogP contribution in [0.2, 0.25) is 0 Å². The highest BCUT2D eigenvalue weighted by atomic mass is 79.9. The van der Waals surface area contributed by atoms with Gasteiger partial charge in [0.15, 0.2) is 0 Å². The maximum atomic E-state index is 12.8. The van der Waals surface area contributed by atoms with E-state index in [4.69, 9.17) is 4.74 Å². The molecule has 0 N–H and O–H groups in total. The van der Waals surface area contributed by atoms with Crippen molar-refractivity contribution >= 4 is 21.8 Å². The molecule has 2 aromatic rings. The molecule has 0 aliphatic carbocycles. The maximum Gasteiger partial charge on any atom is 0.254 e. The predicted molar refractivity (Wildman–Crippen MR) is 92.5 cm³/mol. The molecular formula is C18H19BrN2O2. The molecule has 1 aliphatic heterocycles. The SMILES string of the molecule is O=C(c1cccc(Br)c1)N1CCCCC1COc1cccnc1. The Balaban J connectivity index is 1.69. The molecular weight excluding hydrogens is 356 g/mol. The van der Waals surface area contributed by atoms with E-state index in [1.807, 2.05) is 41.3 Å². The van der Waals surface area contributed by atoms with Crippen molar-refractivity contribution < 1.29 is 9.53 Å².